The lowest BCUT2D eigenvalue weighted by Gasteiger charge is -2.16. The zero-order valence-electron chi connectivity index (χ0n) is 11.5. The summed E-state index contributed by atoms with van der Waals surface area (Å²) in [5, 5.41) is 4.18. The first kappa shape index (κ1) is 13.7. The predicted octanol–water partition coefficient (Wildman–Crippen LogP) is 1.61. The van der Waals surface area contributed by atoms with Gasteiger partial charge in [-0.3, -0.25) is 16.0 Å². The minimum Gasteiger partial charge on any atom is -0.271 e. The molecule has 2 rings (SSSR count). The maximum absolute atomic E-state index is 5.68. The molecule has 1 atom stereocenters. The second-order valence-electron chi connectivity index (χ2n) is 4.51. The van der Waals surface area contributed by atoms with Crippen molar-refractivity contribution in [3.63, 3.8) is 0 Å². The Morgan fingerprint density at radius 1 is 1.26 bits per heavy atom. The summed E-state index contributed by atoms with van der Waals surface area (Å²) in [6.07, 6.45) is 3.37. The van der Waals surface area contributed by atoms with Gasteiger partial charge in [-0.15, -0.1) is 0 Å². The van der Waals surface area contributed by atoms with Crippen molar-refractivity contribution in [2.45, 2.75) is 39.3 Å². The molecule has 0 aliphatic heterocycles. The highest BCUT2D eigenvalue weighted by atomic mass is 15.3. The molecule has 1 heterocycles. The molecule has 1 unspecified atom stereocenters. The van der Waals surface area contributed by atoms with Crippen LogP contribution < -0.4 is 11.3 Å². The fourth-order valence-corrected chi connectivity index (χ4v) is 2.15. The molecule has 1 aromatic heterocycles. The van der Waals surface area contributed by atoms with Crippen molar-refractivity contribution in [1.82, 2.24) is 20.2 Å². The van der Waals surface area contributed by atoms with Crippen LogP contribution in [0.4, 0.5) is 0 Å². The molecule has 0 aliphatic rings. The Hall–Kier alpha value is -1.72. The molecule has 2 aromatic rings. The molecule has 0 saturated heterocycles. The van der Waals surface area contributed by atoms with Gasteiger partial charge in [0.2, 0.25) is 0 Å². The van der Waals surface area contributed by atoms with E-state index in [1.54, 1.807) is 6.33 Å². The zero-order valence-corrected chi connectivity index (χ0v) is 11.5. The third kappa shape index (κ3) is 3.19. The number of aromatic nitrogens is 3. The van der Waals surface area contributed by atoms with Crippen molar-refractivity contribution >= 4 is 0 Å². The Balaban J connectivity index is 2.15. The van der Waals surface area contributed by atoms with Crippen LogP contribution in [0.25, 0.3) is 0 Å². The number of nitrogens with zero attached hydrogens (tertiary/aromatic N) is 3. The first-order chi connectivity index (χ1) is 9.28. The molecule has 5 nitrogen and oxygen atoms in total. The standard InChI is InChI=1S/C14H21N5/c1-3-11-5-7-12(8-6-11)13(18-15)9-14-16-10-17-19(14)4-2/h5-8,10,13,18H,3-4,9,15H2,1-2H3. The van der Waals surface area contributed by atoms with Gasteiger partial charge in [0.25, 0.3) is 0 Å². The van der Waals surface area contributed by atoms with E-state index in [1.165, 1.54) is 11.1 Å². The maximum Gasteiger partial charge on any atom is 0.138 e. The minimum absolute atomic E-state index is 0.0559. The molecule has 0 spiro atoms. The summed E-state index contributed by atoms with van der Waals surface area (Å²) in [6.45, 7) is 5.03. The van der Waals surface area contributed by atoms with Crippen LogP contribution in [0.3, 0.4) is 0 Å². The van der Waals surface area contributed by atoms with Crippen molar-refractivity contribution in [3.8, 4) is 0 Å². The van der Waals surface area contributed by atoms with Crippen molar-refractivity contribution in [1.29, 1.82) is 0 Å². The number of nitrogens with two attached hydrogens (primary N) is 1. The smallest absolute Gasteiger partial charge is 0.138 e. The molecule has 0 fully saturated rings. The number of hydrogen-bond acceptors (Lipinski definition) is 4. The van der Waals surface area contributed by atoms with Crippen LogP contribution in [0.5, 0.6) is 0 Å². The van der Waals surface area contributed by atoms with Crippen LogP contribution in [0.15, 0.2) is 30.6 Å². The number of nitrogens with one attached hydrogen (secondary N) is 1. The Kier molecular flexibility index (Phi) is 4.65. The predicted molar refractivity (Wildman–Crippen MR) is 75.3 cm³/mol. The molecule has 102 valence electrons. The third-order valence-electron chi connectivity index (χ3n) is 3.37. The van der Waals surface area contributed by atoms with Crippen LogP contribution >= 0.6 is 0 Å². The quantitative estimate of drug-likeness (QED) is 0.611. The van der Waals surface area contributed by atoms with Gasteiger partial charge >= 0.3 is 0 Å². The van der Waals surface area contributed by atoms with Crippen LogP contribution in [-0.2, 0) is 19.4 Å². The fourth-order valence-electron chi connectivity index (χ4n) is 2.15. The minimum atomic E-state index is 0.0559. The van der Waals surface area contributed by atoms with Gasteiger partial charge in [0.1, 0.15) is 12.2 Å². The Morgan fingerprint density at radius 3 is 2.58 bits per heavy atom. The van der Waals surface area contributed by atoms with Gasteiger partial charge < -0.3 is 0 Å². The van der Waals surface area contributed by atoms with Gasteiger partial charge in [-0.25, -0.2) is 4.98 Å². The van der Waals surface area contributed by atoms with Crippen molar-refractivity contribution in [2.75, 3.05) is 0 Å². The Bertz CT molecular complexity index is 503. The largest absolute Gasteiger partial charge is 0.271 e. The lowest BCUT2D eigenvalue weighted by molar-refractivity contribution is 0.510. The molecule has 0 aliphatic carbocycles. The summed E-state index contributed by atoms with van der Waals surface area (Å²) < 4.78 is 1.89. The normalized spacial score (nSPS) is 12.6. The highest BCUT2D eigenvalue weighted by Gasteiger charge is 2.14. The van der Waals surface area contributed by atoms with Gasteiger partial charge in [-0.2, -0.15) is 5.10 Å². The molecule has 19 heavy (non-hydrogen) atoms. The van der Waals surface area contributed by atoms with E-state index in [1.807, 2.05) is 4.68 Å². The first-order valence-electron chi connectivity index (χ1n) is 6.70. The van der Waals surface area contributed by atoms with Gasteiger partial charge in [-0.05, 0) is 24.5 Å². The summed E-state index contributed by atoms with van der Waals surface area (Å²) in [4.78, 5) is 4.29. The van der Waals surface area contributed by atoms with E-state index in [2.05, 4.69) is 53.6 Å². The van der Waals surface area contributed by atoms with Gasteiger partial charge in [0, 0.05) is 13.0 Å². The van der Waals surface area contributed by atoms with E-state index < -0.39 is 0 Å². The second-order valence-corrected chi connectivity index (χ2v) is 4.51. The molecule has 0 bridgehead atoms. The summed E-state index contributed by atoms with van der Waals surface area (Å²) in [6, 6.07) is 8.58. The van der Waals surface area contributed by atoms with E-state index in [-0.39, 0.29) is 6.04 Å². The van der Waals surface area contributed by atoms with Crippen LogP contribution in [0.2, 0.25) is 0 Å². The molecule has 3 N–H and O–H groups in total. The monoisotopic (exact) mass is 259 g/mol. The van der Waals surface area contributed by atoms with E-state index in [4.69, 9.17) is 5.84 Å². The number of hydrogen-bond donors (Lipinski definition) is 2. The molecule has 0 radical (unpaired) electrons. The number of hydrazine groups is 1. The topological polar surface area (TPSA) is 68.8 Å². The SMILES string of the molecule is CCc1ccc(C(Cc2ncnn2CC)NN)cc1. The van der Waals surface area contributed by atoms with E-state index >= 15 is 0 Å². The summed E-state index contributed by atoms with van der Waals surface area (Å²) in [5.74, 6) is 6.63. The van der Waals surface area contributed by atoms with Crippen molar-refractivity contribution in [2.24, 2.45) is 5.84 Å². The van der Waals surface area contributed by atoms with Crippen LogP contribution in [-0.4, -0.2) is 14.8 Å². The van der Waals surface area contributed by atoms with Crippen LogP contribution in [0, 0.1) is 0 Å². The number of aryl methyl sites for hydroxylation is 2. The van der Waals surface area contributed by atoms with Crippen LogP contribution in [0.1, 0.15) is 36.8 Å². The van der Waals surface area contributed by atoms with Gasteiger partial charge in [-0.1, -0.05) is 31.2 Å². The van der Waals surface area contributed by atoms with Gasteiger partial charge in [0.05, 0.1) is 6.04 Å². The van der Waals surface area contributed by atoms with Gasteiger partial charge in [0.15, 0.2) is 0 Å². The molecule has 0 amide bonds. The first-order valence-corrected chi connectivity index (χ1v) is 6.70. The summed E-state index contributed by atoms with van der Waals surface area (Å²) in [5.41, 5.74) is 5.37. The van der Waals surface area contributed by atoms with Crippen molar-refractivity contribution in [3.05, 3.63) is 47.5 Å². The molecule has 0 saturated carbocycles. The zero-order chi connectivity index (χ0) is 13.7. The Morgan fingerprint density at radius 2 is 2.00 bits per heavy atom. The molecule has 1 aromatic carbocycles. The molecule has 5 heteroatoms. The Labute approximate surface area is 113 Å². The van der Waals surface area contributed by atoms with Crippen molar-refractivity contribution < 1.29 is 0 Å². The lowest BCUT2D eigenvalue weighted by Crippen LogP contribution is -2.30. The van der Waals surface area contributed by atoms with E-state index in [0.717, 1.165) is 25.2 Å². The lowest BCUT2D eigenvalue weighted by atomic mass is 10.0. The highest BCUT2D eigenvalue weighted by molar-refractivity contribution is 5.25. The maximum atomic E-state index is 5.68. The fraction of sp³-hybridized carbons (Fsp3) is 0.429. The van der Waals surface area contributed by atoms with E-state index in [9.17, 15) is 0 Å². The third-order valence-corrected chi connectivity index (χ3v) is 3.37. The average molecular weight is 259 g/mol. The number of rotatable bonds is 6. The van der Waals surface area contributed by atoms with E-state index in [0.29, 0.717) is 0 Å². The molecular formula is C14H21N5. The summed E-state index contributed by atoms with van der Waals surface area (Å²) in [7, 11) is 0. The average Bonchev–Trinajstić information content (AvgIpc) is 2.92. The highest BCUT2D eigenvalue weighted by Crippen LogP contribution is 2.17. The molecular weight excluding hydrogens is 238 g/mol. The number of benzene rings is 1. The second kappa shape index (κ2) is 6.45. The summed E-state index contributed by atoms with van der Waals surface area (Å²) >= 11 is 0.